The molecule has 0 saturated carbocycles. The van der Waals surface area contributed by atoms with Crippen molar-refractivity contribution in [1.29, 1.82) is 0 Å². The third kappa shape index (κ3) is 4.20. The van der Waals surface area contributed by atoms with Crippen molar-refractivity contribution >= 4 is 16.1 Å². The summed E-state index contributed by atoms with van der Waals surface area (Å²) in [5.41, 5.74) is 0. The van der Waals surface area contributed by atoms with Crippen molar-refractivity contribution in [2.45, 2.75) is 11.7 Å². The van der Waals surface area contributed by atoms with E-state index in [0.717, 1.165) is 0 Å². The summed E-state index contributed by atoms with van der Waals surface area (Å²) in [5.74, 6) is -1.01. The number of allylic oxidation sites excluding steroid dienone is 1. The average molecular weight is 220 g/mol. The molecule has 0 fully saturated rings. The normalized spacial score (nSPS) is 12.9. The molecule has 0 rings (SSSR count). The Labute approximate surface area is 82.8 Å². The molecule has 1 unspecified atom stereocenters. The van der Waals surface area contributed by atoms with Gasteiger partial charge in [-0.3, -0.25) is 9.35 Å². The first kappa shape index (κ1) is 12.9. The maximum absolute atomic E-state index is 11.1. The van der Waals surface area contributed by atoms with E-state index in [1.165, 1.54) is 12.2 Å². The summed E-state index contributed by atoms with van der Waals surface area (Å²) in [7, 11) is -4.44. The van der Waals surface area contributed by atoms with Crippen molar-refractivity contribution in [3.8, 4) is 0 Å². The molecule has 0 amide bonds. The van der Waals surface area contributed by atoms with Crippen molar-refractivity contribution < 1.29 is 22.5 Å². The van der Waals surface area contributed by atoms with Gasteiger partial charge in [0.15, 0.2) is 5.25 Å². The van der Waals surface area contributed by atoms with Crippen LogP contribution in [0, 0.1) is 0 Å². The molecule has 0 saturated heterocycles. The van der Waals surface area contributed by atoms with Crippen molar-refractivity contribution in [3.05, 3.63) is 25.3 Å². The Hall–Kier alpha value is -1.14. The SMILES string of the molecule is C=CCOC(=O)C(CC=C)S(=O)(=O)O. The third-order valence-electron chi connectivity index (χ3n) is 1.35. The number of carbonyl (C=O) groups excluding carboxylic acids is 1. The van der Waals surface area contributed by atoms with E-state index >= 15 is 0 Å². The molecular formula is C8H12O5S. The van der Waals surface area contributed by atoms with Crippen LogP contribution < -0.4 is 0 Å². The van der Waals surface area contributed by atoms with Gasteiger partial charge in [0.25, 0.3) is 10.1 Å². The summed E-state index contributed by atoms with van der Waals surface area (Å²) in [6.45, 7) is 6.47. The van der Waals surface area contributed by atoms with Gasteiger partial charge in [-0.1, -0.05) is 18.7 Å². The minimum absolute atomic E-state index is 0.0952. The monoisotopic (exact) mass is 220 g/mol. The highest BCUT2D eigenvalue weighted by molar-refractivity contribution is 7.87. The summed E-state index contributed by atoms with van der Waals surface area (Å²) in [6.07, 6.45) is 2.33. The molecule has 5 nitrogen and oxygen atoms in total. The summed E-state index contributed by atoms with van der Waals surface area (Å²) < 4.78 is 34.6. The second-order valence-corrected chi connectivity index (χ2v) is 4.05. The summed E-state index contributed by atoms with van der Waals surface area (Å²) in [4.78, 5) is 11.1. The van der Waals surface area contributed by atoms with Crippen molar-refractivity contribution in [2.24, 2.45) is 0 Å². The van der Waals surface area contributed by atoms with Crippen LogP contribution in [0.25, 0.3) is 0 Å². The first-order valence-corrected chi connectivity index (χ1v) is 5.28. The lowest BCUT2D eigenvalue weighted by Crippen LogP contribution is -2.31. The van der Waals surface area contributed by atoms with E-state index in [1.54, 1.807) is 0 Å². The average Bonchev–Trinajstić information content (AvgIpc) is 2.08. The number of hydrogen-bond acceptors (Lipinski definition) is 4. The lowest BCUT2D eigenvalue weighted by Gasteiger charge is -2.09. The Kier molecular flexibility index (Phi) is 5.11. The van der Waals surface area contributed by atoms with Crippen LogP contribution in [0.2, 0.25) is 0 Å². The minimum Gasteiger partial charge on any atom is -0.460 e. The molecule has 14 heavy (non-hydrogen) atoms. The van der Waals surface area contributed by atoms with Crippen LogP contribution in [0.15, 0.2) is 25.3 Å². The second-order valence-electron chi connectivity index (χ2n) is 2.45. The Morgan fingerprint density at radius 3 is 2.36 bits per heavy atom. The Balaban J connectivity index is 4.57. The zero-order chi connectivity index (χ0) is 11.2. The molecule has 0 aromatic carbocycles. The van der Waals surface area contributed by atoms with Crippen LogP contribution in [-0.4, -0.2) is 30.8 Å². The van der Waals surface area contributed by atoms with Crippen molar-refractivity contribution in [2.75, 3.05) is 6.61 Å². The smallest absolute Gasteiger partial charge is 0.327 e. The van der Waals surface area contributed by atoms with Crippen LogP contribution >= 0.6 is 0 Å². The molecule has 0 aliphatic heterocycles. The molecule has 1 atom stereocenters. The Morgan fingerprint density at radius 1 is 1.43 bits per heavy atom. The fraction of sp³-hybridized carbons (Fsp3) is 0.375. The first-order valence-electron chi connectivity index (χ1n) is 3.78. The predicted octanol–water partition coefficient (Wildman–Crippen LogP) is 0.548. The van der Waals surface area contributed by atoms with E-state index < -0.39 is 21.3 Å². The second kappa shape index (κ2) is 5.56. The highest BCUT2D eigenvalue weighted by Crippen LogP contribution is 2.07. The maximum atomic E-state index is 11.1. The molecule has 6 heteroatoms. The summed E-state index contributed by atoms with van der Waals surface area (Å²) in [6, 6.07) is 0. The fourth-order valence-electron chi connectivity index (χ4n) is 0.725. The molecule has 0 aliphatic rings. The highest BCUT2D eigenvalue weighted by Gasteiger charge is 2.30. The van der Waals surface area contributed by atoms with Crippen LogP contribution in [0.1, 0.15) is 6.42 Å². The maximum Gasteiger partial charge on any atom is 0.327 e. The lowest BCUT2D eigenvalue weighted by atomic mass is 10.3. The molecule has 1 N–H and O–H groups in total. The number of carbonyl (C=O) groups is 1. The number of ether oxygens (including phenoxy) is 1. The molecule has 80 valence electrons. The van der Waals surface area contributed by atoms with E-state index in [2.05, 4.69) is 17.9 Å². The molecular weight excluding hydrogens is 208 g/mol. The standard InChI is InChI=1S/C8H12O5S/c1-3-5-7(14(10,11)12)8(9)13-6-4-2/h3-4,7H,1-2,5-6H2,(H,10,11,12). The molecule has 0 spiro atoms. The summed E-state index contributed by atoms with van der Waals surface area (Å²) in [5, 5.41) is -1.60. The van der Waals surface area contributed by atoms with Gasteiger partial charge < -0.3 is 4.74 Å². The zero-order valence-electron chi connectivity index (χ0n) is 7.55. The number of esters is 1. The van der Waals surface area contributed by atoms with Gasteiger partial charge in [-0.2, -0.15) is 8.42 Å². The highest BCUT2D eigenvalue weighted by atomic mass is 32.2. The Bertz CT molecular complexity index is 317. The van der Waals surface area contributed by atoms with Crippen molar-refractivity contribution in [3.63, 3.8) is 0 Å². The molecule has 0 bridgehead atoms. The molecule has 0 heterocycles. The summed E-state index contributed by atoms with van der Waals surface area (Å²) >= 11 is 0. The van der Waals surface area contributed by atoms with Gasteiger partial charge in [0.1, 0.15) is 6.61 Å². The largest absolute Gasteiger partial charge is 0.460 e. The van der Waals surface area contributed by atoms with E-state index in [4.69, 9.17) is 4.55 Å². The first-order chi connectivity index (χ1) is 6.43. The topological polar surface area (TPSA) is 80.7 Å². The third-order valence-corrected chi connectivity index (χ3v) is 2.45. The van der Waals surface area contributed by atoms with E-state index in [0.29, 0.717) is 0 Å². The van der Waals surface area contributed by atoms with E-state index in [1.807, 2.05) is 0 Å². The van der Waals surface area contributed by atoms with Gasteiger partial charge >= 0.3 is 5.97 Å². The zero-order valence-corrected chi connectivity index (χ0v) is 8.37. The minimum atomic E-state index is -4.44. The number of hydrogen-bond donors (Lipinski definition) is 1. The molecule has 0 aliphatic carbocycles. The Morgan fingerprint density at radius 2 is 2.00 bits per heavy atom. The van der Waals surface area contributed by atoms with Gasteiger partial charge in [0.05, 0.1) is 0 Å². The van der Waals surface area contributed by atoms with E-state index in [9.17, 15) is 13.2 Å². The van der Waals surface area contributed by atoms with Crippen LogP contribution in [-0.2, 0) is 19.6 Å². The fourth-order valence-corrected chi connectivity index (χ4v) is 1.42. The van der Waals surface area contributed by atoms with Crippen LogP contribution in [0.3, 0.4) is 0 Å². The number of rotatable bonds is 6. The van der Waals surface area contributed by atoms with E-state index in [-0.39, 0.29) is 13.0 Å². The van der Waals surface area contributed by atoms with Crippen LogP contribution in [0.4, 0.5) is 0 Å². The quantitative estimate of drug-likeness (QED) is 0.401. The van der Waals surface area contributed by atoms with Gasteiger partial charge in [-0.25, -0.2) is 0 Å². The van der Waals surface area contributed by atoms with Gasteiger partial charge in [0, 0.05) is 0 Å². The predicted molar refractivity (Wildman–Crippen MR) is 51.3 cm³/mol. The van der Waals surface area contributed by atoms with Gasteiger partial charge in [-0.15, -0.1) is 6.58 Å². The molecule has 0 aromatic heterocycles. The van der Waals surface area contributed by atoms with Crippen molar-refractivity contribution in [1.82, 2.24) is 0 Å². The molecule has 0 aromatic rings. The van der Waals surface area contributed by atoms with Gasteiger partial charge in [-0.05, 0) is 6.42 Å². The lowest BCUT2D eigenvalue weighted by molar-refractivity contribution is -0.141. The van der Waals surface area contributed by atoms with Gasteiger partial charge in [0.2, 0.25) is 0 Å². The van der Waals surface area contributed by atoms with Crippen LogP contribution in [0.5, 0.6) is 0 Å². The molecule has 0 radical (unpaired) electrons.